The van der Waals surface area contributed by atoms with Gasteiger partial charge in [0.05, 0.1) is 52.0 Å². The lowest BCUT2D eigenvalue weighted by atomic mass is 10.2. The number of aromatic nitrogens is 2. The summed E-state index contributed by atoms with van der Waals surface area (Å²) in [4.78, 5) is 9.45. The molecule has 2 aromatic carbocycles. The van der Waals surface area contributed by atoms with Crippen LogP contribution in [-0.2, 0) is 14.8 Å². The number of hydrogen-bond acceptors (Lipinski definition) is 8. The van der Waals surface area contributed by atoms with Gasteiger partial charge in [0.2, 0.25) is 14.8 Å². The summed E-state index contributed by atoms with van der Waals surface area (Å²) in [5.74, 6) is 0. The van der Waals surface area contributed by atoms with E-state index < -0.39 is 10.0 Å². The summed E-state index contributed by atoms with van der Waals surface area (Å²) in [6.45, 7) is 7.57. The molecule has 0 saturated carbocycles. The predicted molar refractivity (Wildman–Crippen MR) is 187 cm³/mol. The van der Waals surface area contributed by atoms with Crippen molar-refractivity contribution in [2.75, 3.05) is 44.3 Å². The van der Waals surface area contributed by atoms with Gasteiger partial charge >= 0.3 is 0 Å². The van der Waals surface area contributed by atoms with Gasteiger partial charge in [-0.1, -0.05) is 24.3 Å². The Morgan fingerprint density at radius 1 is 0.870 bits per heavy atom. The Hall–Kier alpha value is -3.81. The number of ether oxygens (including phenoxy) is 1. The highest BCUT2D eigenvalue weighted by atomic mass is 32.2. The van der Waals surface area contributed by atoms with E-state index in [-0.39, 0.29) is 0 Å². The predicted octanol–water partition coefficient (Wildman–Crippen LogP) is 6.42. The minimum atomic E-state index is -3.66. The van der Waals surface area contributed by atoms with E-state index in [2.05, 4.69) is 46.2 Å². The van der Waals surface area contributed by atoms with Crippen LogP contribution in [0.2, 0.25) is 0 Å². The number of nitrogens with zero attached hydrogens (tertiary/aromatic N) is 6. The summed E-state index contributed by atoms with van der Waals surface area (Å²) in [6, 6.07) is 21.7. The van der Waals surface area contributed by atoms with E-state index in [1.807, 2.05) is 59.4 Å². The average Bonchev–Trinajstić information content (AvgIpc) is 3.90. The fourth-order valence-electron chi connectivity index (χ4n) is 6.11. The lowest BCUT2D eigenvalue weighted by molar-refractivity contribution is 0.0730. The van der Waals surface area contributed by atoms with Crippen molar-refractivity contribution in [3.05, 3.63) is 99.2 Å². The maximum Gasteiger partial charge on any atom is 0.243 e. The van der Waals surface area contributed by atoms with Crippen LogP contribution in [0.3, 0.4) is 0 Å². The second kappa shape index (κ2) is 13.1. The molecular weight excluding hydrogens is 637 g/mol. The molecular formula is C34H36N6O3S3. The molecule has 5 aromatic rings. The molecule has 2 aliphatic heterocycles. The molecule has 0 unspecified atom stereocenters. The molecule has 9 nitrogen and oxygen atoms in total. The number of morpholine rings is 1. The summed E-state index contributed by atoms with van der Waals surface area (Å²) >= 11 is 3.22. The first-order valence-electron chi connectivity index (χ1n) is 15.4. The zero-order valence-corrected chi connectivity index (χ0v) is 28.3. The highest BCUT2D eigenvalue weighted by Crippen LogP contribution is 2.34. The Labute approximate surface area is 277 Å². The molecule has 12 heteroatoms. The first-order valence-corrected chi connectivity index (χ1v) is 18.6. The normalized spacial score (nSPS) is 16.7. The second-order valence-corrected chi connectivity index (χ2v) is 15.1. The molecule has 0 radical (unpaired) electrons. The van der Waals surface area contributed by atoms with Gasteiger partial charge in [-0.25, -0.2) is 18.1 Å². The maximum absolute atomic E-state index is 13.7. The van der Waals surface area contributed by atoms with Gasteiger partial charge in [-0.3, -0.25) is 0 Å². The van der Waals surface area contributed by atoms with Crippen molar-refractivity contribution in [1.29, 1.82) is 0 Å². The second-order valence-electron chi connectivity index (χ2n) is 11.4. The van der Waals surface area contributed by atoms with E-state index in [1.54, 1.807) is 28.7 Å². The van der Waals surface area contributed by atoms with Crippen LogP contribution in [0.25, 0.3) is 16.3 Å². The van der Waals surface area contributed by atoms with Crippen LogP contribution in [0.15, 0.2) is 92.5 Å². The lowest BCUT2D eigenvalue weighted by Crippen LogP contribution is -2.40. The van der Waals surface area contributed by atoms with Crippen LogP contribution >= 0.6 is 22.7 Å². The number of thiazole rings is 1. The molecule has 3 aromatic heterocycles. The summed E-state index contributed by atoms with van der Waals surface area (Å²) < 4.78 is 38.5. The van der Waals surface area contributed by atoms with E-state index in [4.69, 9.17) is 14.8 Å². The molecule has 2 aliphatic rings. The van der Waals surface area contributed by atoms with Crippen molar-refractivity contribution < 1.29 is 13.2 Å². The fraction of sp³-hybridized carbons (Fsp3) is 0.294. The molecule has 0 spiro atoms. The number of anilines is 1. The molecule has 0 N–H and O–H groups in total. The smallest absolute Gasteiger partial charge is 0.243 e. The Morgan fingerprint density at radius 3 is 2.39 bits per heavy atom. The van der Waals surface area contributed by atoms with Crippen molar-refractivity contribution in [3.8, 4) is 16.3 Å². The number of sulfonamides is 1. The van der Waals surface area contributed by atoms with E-state index in [1.165, 1.54) is 4.31 Å². The van der Waals surface area contributed by atoms with Crippen molar-refractivity contribution in [2.45, 2.75) is 31.6 Å². The highest BCUT2D eigenvalue weighted by molar-refractivity contribution is 7.89. The SMILES string of the molecule is Cc1cc(/C=N/n2c(-c3cccs3)csc2=Nc2ccccc2)c(C)n1-c1cc(S(=O)(=O)N2CCOCC2)ccc1N1CCCC1. The Kier molecular flexibility index (Phi) is 8.80. The van der Waals surface area contributed by atoms with Crippen molar-refractivity contribution in [2.24, 2.45) is 10.1 Å². The maximum atomic E-state index is 13.7. The minimum Gasteiger partial charge on any atom is -0.379 e. The fourth-order valence-corrected chi connectivity index (χ4v) is 9.19. The lowest BCUT2D eigenvalue weighted by Gasteiger charge is -2.28. The molecule has 0 amide bonds. The van der Waals surface area contributed by atoms with Gasteiger partial charge in [-0.15, -0.1) is 22.7 Å². The monoisotopic (exact) mass is 672 g/mol. The number of rotatable bonds is 8. The molecule has 0 aliphatic carbocycles. The van der Waals surface area contributed by atoms with Gasteiger partial charge in [-0.05, 0) is 74.5 Å². The van der Waals surface area contributed by atoms with Gasteiger partial charge in [-0.2, -0.15) is 9.41 Å². The molecule has 2 saturated heterocycles. The molecule has 0 bridgehead atoms. The number of para-hydroxylation sites is 1. The van der Waals surface area contributed by atoms with E-state index in [9.17, 15) is 8.42 Å². The van der Waals surface area contributed by atoms with E-state index in [0.717, 1.165) is 75.3 Å². The average molecular weight is 673 g/mol. The number of aryl methyl sites for hydroxylation is 1. The quantitative estimate of drug-likeness (QED) is 0.178. The van der Waals surface area contributed by atoms with Crippen LogP contribution in [-0.4, -0.2) is 67.6 Å². The van der Waals surface area contributed by atoms with Crippen LogP contribution in [0.4, 0.5) is 11.4 Å². The molecule has 238 valence electrons. The van der Waals surface area contributed by atoms with E-state index >= 15 is 0 Å². The summed E-state index contributed by atoms with van der Waals surface area (Å²) in [5.41, 5.74) is 6.70. The third-order valence-electron chi connectivity index (χ3n) is 8.46. The zero-order valence-electron chi connectivity index (χ0n) is 25.9. The van der Waals surface area contributed by atoms with Crippen molar-refractivity contribution >= 4 is 50.3 Å². The minimum absolute atomic E-state index is 0.302. The number of thiophene rings is 1. The topological polar surface area (TPSA) is 84.4 Å². The first kappa shape index (κ1) is 30.8. The molecule has 2 fully saturated rings. The zero-order chi connectivity index (χ0) is 31.7. The third kappa shape index (κ3) is 6.03. The molecule has 7 rings (SSSR count). The number of hydrogen-bond donors (Lipinski definition) is 0. The van der Waals surface area contributed by atoms with Gasteiger partial charge in [0.1, 0.15) is 0 Å². The Morgan fingerprint density at radius 2 is 1.65 bits per heavy atom. The van der Waals surface area contributed by atoms with Crippen LogP contribution < -0.4 is 9.70 Å². The molecule has 46 heavy (non-hydrogen) atoms. The van der Waals surface area contributed by atoms with Gasteiger partial charge < -0.3 is 14.2 Å². The third-order valence-corrected chi connectivity index (χ3v) is 12.1. The van der Waals surface area contributed by atoms with Crippen LogP contribution in [0, 0.1) is 13.8 Å². The van der Waals surface area contributed by atoms with E-state index in [0.29, 0.717) is 31.2 Å². The summed E-state index contributed by atoms with van der Waals surface area (Å²) in [5, 5.41) is 9.15. The van der Waals surface area contributed by atoms with Gasteiger partial charge in [0, 0.05) is 48.5 Å². The Bertz CT molecular complexity index is 2030. The standard InChI is InChI=1S/C34H36N6O3S3/c1-25-21-27(23-35-40-32(33-11-8-20-44-33)24-45-34(40)36-28-9-4-3-5-10-28)26(2)39(25)31-22-29(12-13-30(31)37-14-6-7-15-37)46(41,42)38-16-18-43-19-17-38/h3-5,8-13,20-24H,6-7,14-19H2,1-2H3/b35-23+,36-34?. The van der Waals surface area contributed by atoms with Crippen molar-refractivity contribution in [1.82, 2.24) is 13.5 Å². The Balaban J connectivity index is 1.31. The van der Waals surface area contributed by atoms with Crippen LogP contribution in [0.1, 0.15) is 29.8 Å². The summed E-state index contributed by atoms with van der Waals surface area (Å²) in [7, 11) is -3.66. The first-order chi connectivity index (χ1) is 22.4. The largest absolute Gasteiger partial charge is 0.379 e. The molecule has 0 atom stereocenters. The molecule has 5 heterocycles. The highest BCUT2D eigenvalue weighted by Gasteiger charge is 2.29. The number of benzene rings is 2. The van der Waals surface area contributed by atoms with Crippen LogP contribution in [0.5, 0.6) is 0 Å². The van der Waals surface area contributed by atoms with Crippen molar-refractivity contribution in [3.63, 3.8) is 0 Å². The van der Waals surface area contributed by atoms with Gasteiger partial charge in [0.15, 0.2) is 0 Å². The summed E-state index contributed by atoms with van der Waals surface area (Å²) in [6.07, 6.45) is 4.13. The van der Waals surface area contributed by atoms with Gasteiger partial charge in [0.25, 0.3) is 0 Å².